The van der Waals surface area contributed by atoms with E-state index in [4.69, 9.17) is 10.2 Å². The summed E-state index contributed by atoms with van der Waals surface area (Å²) in [5.74, 6) is 2.35. The molecule has 0 aliphatic carbocycles. The summed E-state index contributed by atoms with van der Waals surface area (Å²) in [6, 6.07) is 16.3. The number of benzene rings is 2. The Bertz CT molecular complexity index is 1000. The summed E-state index contributed by atoms with van der Waals surface area (Å²) in [6.07, 6.45) is 21.4. The first-order valence-electron chi connectivity index (χ1n) is 14.0. The average Bonchev–Trinajstić information content (AvgIpc) is 3.31. The Balaban J connectivity index is 1.05. The molecule has 0 bridgehead atoms. The lowest BCUT2D eigenvalue weighted by molar-refractivity contribution is 0.487. The summed E-state index contributed by atoms with van der Waals surface area (Å²) in [7, 11) is 0. The van der Waals surface area contributed by atoms with Crippen LogP contribution in [0.3, 0.4) is 0 Å². The van der Waals surface area contributed by atoms with Crippen LogP contribution in [0.4, 0.5) is 0 Å². The smallest absolute Gasteiger partial charge is 0.258 e. The van der Waals surface area contributed by atoms with Gasteiger partial charge in [-0.15, -0.1) is 12.6 Å². The topological polar surface area (TPSA) is 52.0 Å². The predicted molar refractivity (Wildman–Crippen MR) is 167 cm³/mol. The molecule has 6 heteroatoms. The first kappa shape index (κ1) is 30.2. The van der Waals surface area contributed by atoms with Gasteiger partial charge in [0.1, 0.15) is 5.52 Å². The molecular formula is C31H44N2OS3. The van der Waals surface area contributed by atoms with Crippen molar-refractivity contribution in [1.29, 1.82) is 0 Å². The Hall–Kier alpha value is -1.34. The highest BCUT2D eigenvalue weighted by atomic mass is 32.2. The standard InChI is InChI=1S/C31H44N2OS3/c32-30(37-31-33-27-20-15-16-21-28(27)34-31)23-13-11-9-7-5-3-1-2-4-6-8-10-12-18-24-36-25-26-19-14-17-22-29(26)35/h1,3,14-17,19-22,30,35H,2,4-13,18,23-25,32H2. The maximum atomic E-state index is 6.27. The second kappa shape index (κ2) is 18.8. The van der Waals surface area contributed by atoms with Crippen molar-refractivity contribution in [3.63, 3.8) is 0 Å². The van der Waals surface area contributed by atoms with Gasteiger partial charge in [-0.1, -0.05) is 87.4 Å². The maximum absolute atomic E-state index is 6.27. The maximum Gasteiger partial charge on any atom is 0.258 e. The number of nitrogens with zero attached hydrogens (tertiary/aromatic N) is 1. The van der Waals surface area contributed by atoms with Crippen molar-refractivity contribution < 1.29 is 4.42 Å². The van der Waals surface area contributed by atoms with Gasteiger partial charge in [0.2, 0.25) is 0 Å². The second-order valence-corrected chi connectivity index (χ2v) is 12.4. The van der Waals surface area contributed by atoms with E-state index in [0.29, 0.717) is 5.22 Å². The Morgan fingerprint density at radius 2 is 1.46 bits per heavy atom. The lowest BCUT2D eigenvalue weighted by atomic mass is 10.1. The lowest BCUT2D eigenvalue weighted by Gasteiger charge is -2.07. The van der Waals surface area contributed by atoms with Crippen molar-refractivity contribution in [3.05, 3.63) is 66.2 Å². The van der Waals surface area contributed by atoms with E-state index >= 15 is 0 Å². The summed E-state index contributed by atoms with van der Waals surface area (Å²) in [4.78, 5) is 5.62. The molecule has 0 aliphatic rings. The van der Waals surface area contributed by atoms with E-state index in [1.54, 1.807) is 11.8 Å². The third kappa shape index (κ3) is 12.8. The SMILES string of the molecule is NC(CCCCCCC=CCCCCCCCCSCc1ccccc1S)Sc1nc2ccccc2o1. The highest BCUT2D eigenvalue weighted by Gasteiger charge is 2.11. The van der Waals surface area contributed by atoms with Crippen LogP contribution in [0.15, 0.2) is 75.2 Å². The molecule has 1 heterocycles. The van der Waals surface area contributed by atoms with Crippen molar-refractivity contribution in [2.75, 3.05) is 5.75 Å². The second-order valence-electron chi connectivity index (χ2n) is 9.66. The van der Waals surface area contributed by atoms with Crippen molar-refractivity contribution in [1.82, 2.24) is 4.98 Å². The van der Waals surface area contributed by atoms with Gasteiger partial charge < -0.3 is 10.2 Å². The minimum atomic E-state index is 0.0492. The number of allylic oxidation sites excluding steroid dienone is 2. The minimum Gasteiger partial charge on any atom is -0.431 e. The molecule has 0 fully saturated rings. The Morgan fingerprint density at radius 3 is 2.22 bits per heavy atom. The highest BCUT2D eigenvalue weighted by Crippen LogP contribution is 2.27. The zero-order valence-electron chi connectivity index (χ0n) is 22.2. The van der Waals surface area contributed by atoms with Crippen LogP contribution in [0, 0.1) is 0 Å². The number of thiol groups is 1. The third-order valence-corrected chi connectivity index (χ3v) is 8.90. The Morgan fingerprint density at radius 1 is 0.811 bits per heavy atom. The molecule has 1 atom stereocenters. The van der Waals surface area contributed by atoms with E-state index in [1.807, 2.05) is 36.0 Å². The van der Waals surface area contributed by atoms with Gasteiger partial charge in [-0.05, 0) is 79.8 Å². The molecule has 1 unspecified atom stereocenters. The molecule has 2 N–H and O–H groups in total. The first-order valence-corrected chi connectivity index (χ1v) is 16.5. The summed E-state index contributed by atoms with van der Waals surface area (Å²) >= 11 is 8.11. The van der Waals surface area contributed by atoms with Gasteiger partial charge in [-0.3, -0.25) is 0 Å². The number of hydrogen-bond acceptors (Lipinski definition) is 6. The number of unbranched alkanes of at least 4 members (excludes halogenated alkanes) is 10. The molecule has 0 radical (unpaired) electrons. The van der Waals surface area contributed by atoms with Crippen LogP contribution in [0.5, 0.6) is 0 Å². The van der Waals surface area contributed by atoms with Crippen molar-refractivity contribution in [2.45, 2.75) is 105 Å². The average molecular weight is 557 g/mol. The van der Waals surface area contributed by atoms with E-state index in [0.717, 1.165) is 28.2 Å². The molecule has 0 saturated heterocycles. The summed E-state index contributed by atoms with van der Waals surface area (Å²) in [5.41, 5.74) is 9.36. The fourth-order valence-corrected chi connectivity index (χ4v) is 6.48. The number of fused-ring (bicyclic) bond motifs is 1. The van der Waals surface area contributed by atoms with Gasteiger partial charge in [0.15, 0.2) is 5.58 Å². The lowest BCUT2D eigenvalue weighted by Crippen LogP contribution is -2.14. The normalized spacial score (nSPS) is 12.6. The molecule has 0 spiro atoms. The van der Waals surface area contributed by atoms with Crippen LogP contribution in [-0.4, -0.2) is 16.1 Å². The number of nitrogens with two attached hydrogens (primary N) is 1. The van der Waals surface area contributed by atoms with Gasteiger partial charge >= 0.3 is 0 Å². The van der Waals surface area contributed by atoms with Crippen molar-refractivity contribution in [2.24, 2.45) is 5.73 Å². The van der Waals surface area contributed by atoms with Gasteiger partial charge in [0.05, 0.1) is 5.37 Å². The van der Waals surface area contributed by atoms with Crippen LogP contribution in [0.1, 0.15) is 89.0 Å². The van der Waals surface area contributed by atoms with E-state index in [2.05, 4.69) is 54.0 Å². The van der Waals surface area contributed by atoms with E-state index < -0.39 is 0 Å². The number of hydrogen-bond donors (Lipinski definition) is 2. The minimum absolute atomic E-state index is 0.0492. The largest absolute Gasteiger partial charge is 0.431 e. The van der Waals surface area contributed by atoms with Crippen molar-refractivity contribution in [3.8, 4) is 0 Å². The molecule has 3 rings (SSSR count). The fourth-order valence-electron chi connectivity index (χ4n) is 4.28. The first-order chi connectivity index (χ1) is 18.2. The summed E-state index contributed by atoms with van der Waals surface area (Å²) < 4.78 is 5.75. The summed E-state index contributed by atoms with van der Waals surface area (Å²) in [5, 5.41) is 0.730. The van der Waals surface area contributed by atoms with E-state index in [9.17, 15) is 0 Å². The van der Waals surface area contributed by atoms with Crippen LogP contribution in [-0.2, 0) is 5.75 Å². The van der Waals surface area contributed by atoms with Crippen molar-refractivity contribution >= 4 is 47.3 Å². The van der Waals surface area contributed by atoms with Gasteiger partial charge in [-0.25, -0.2) is 4.98 Å². The quantitative estimate of drug-likeness (QED) is 0.0477. The molecule has 3 nitrogen and oxygen atoms in total. The van der Waals surface area contributed by atoms with Crippen LogP contribution in [0.2, 0.25) is 0 Å². The van der Waals surface area contributed by atoms with E-state index in [1.165, 1.54) is 88.4 Å². The Labute approximate surface area is 238 Å². The molecule has 37 heavy (non-hydrogen) atoms. The third-order valence-electron chi connectivity index (χ3n) is 6.46. The van der Waals surface area contributed by atoms with E-state index in [-0.39, 0.29) is 5.37 Å². The number of oxazole rings is 1. The monoisotopic (exact) mass is 556 g/mol. The zero-order chi connectivity index (χ0) is 26.0. The number of para-hydroxylation sites is 2. The van der Waals surface area contributed by atoms with Crippen LogP contribution in [0.25, 0.3) is 11.1 Å². The molecular weight excluding hydrogens is 513 g/mol. The highest BCUT2D eigenvalue weighted by molar-refractivity contribution is 7.99. The fraction of sp³-hybridized carbons (Fsp3) is 0.516. The molecule has 2 aromatic carbocycles. The van der Waals surface area contributed by atoms with Crippen LogP contribution >= 0.6 is 36.2 Å². The Kier molecular flexibility index (Phi) is 15.4. The summed E-state index contributed by atoms with van der Waals surface area (Å²) in [6.45, 7) is 0. The molecule has 0 amide bonds. The number of rotatable bonds is 20. The molecule has 0 aliphatic heterocycles. The molecule has 3 aromatic rings. The van der Waals surface area contributed by atoms with Crippen LogP contribution < -0.4 is 5.73 Å². The van der Waals surface area contributed by atoms with Gasteiger partial charge in [0.25, 0.3) is 5.22 Å². The zero-order valence-corrected chi connectivity index (χ0v) is 24.7. The number of thioether (sulfide) groups is 2. The van der Waals surface area contributed by atoms with Gasteiger partial charge in [-0.2, -0.15) is 11.8 Å². The molecule has 1 aromatic heterocycles. The number of aromatic nitrogens is 1. The molecule has 202 valence electrons. The van der Waals surface area contributed by atoms with Gasteiger partial charge in [0, 0.05) is 10.6 Å². The predicted octanol–water partition coefficient (Wildman–Crippen LogP) is 10.1. The molecule has 0 saturated carbocycles.